The van der Waals surface area contributed by atoms with Crippen molar-refractivity contribution in [2.45, 2.75) is 31.6 Å². The Kier molecular flexibility index (Phi) is 5.76. The molecule has 0 spiro atoms. The number of carbonyl (C=O) groups is 1. The van der Waals surface area contributed by atoms with Gasteiger partial charge in [-0.05, 0) is 54.8 Å². The molecule has 0 bridgehead atoms. The Labute approximate surface area is 160 Å². The van der Waals surface area contributed by atoms with Gasteiger partial charge in [-0.1, -0.05) is 12.1 Å². The number of anilines is 1. The first-order chi connectivity index (χ1) is 13.2. The lowest BCUT2D eigenvalue weighted by Gasteiger charge is -2.39. The molecule has 1 fully saturated rings. The molecule has 0 atom stereocenters. The summed E-state index contributed by atoms with van der Waals surface area (Å²) in [6.45, 7) is 1.12. The second-order valence-corrected chi connectivity index (χ2v) is 6.80. The summed E-state index contributed by atoms with van der Waals surface area (Å²) in [6.07, 6.45) is -4.26. The van der Waals surface area contributed by atoms with Crippen LogP contribution in [0.2, 0.25) is 0 Å². The molecule has 0 radical (unpaired) electrons. The number of carboxylic acid groups (broad SMARTS) is 1. The zero-order valence-electron chi connectivity index (χ0n) is 15.0. The number of nitrogens with zero attached hydrogens (tertiary/aromatic N) is 2. The van der Waals surface area contributed by atoms with E-state index in [0.717, 1.165) is 17.7 Å². The van der Waals surface area contributed by atoms with E-state index >= 15 is 0 Å². The molecule has 0 saturated carbocycles. The lowest BCUT2D eigenvalue weighted by molar-refractivity contribution is -0.137. The van der Waals surface area contributed by atoms with Gasteiger partial charge in [-0.15, -0.1) is 0 Å². The molecule has 28 heavy (non-hydrogen) atoms. The fraction of sp³-hybridized carbons (Fsp3) is 0.350. The van der Waals surface area contributed by atoms with E-state index in [2.05, 4.69) is 0 Å². The topological polar surface area (TPSA) is 43.8 Å². The minimum Gasteiger partial charge on any atom is -0.465 e. The number of piperidine rings is 1. The first-order valence-electron chi connectivity index (χ1n) is 8.90. The van der Waals surface area contributed by atoms with Gasteiger partial charge in [-0.3, -0.25) is 0 Å². The highest BCUT2D eigenvalue weighted by atomic mass is 19.4. The van der Waals surface area contributed by atoms with Gasteiger partial charge in [0, 0.05) is 31.4 Å². The third-order valence-corrected chi connectivity index (χ3v) is 4.97. The third-order valence-electron chi connectivity index (χ3n) is 4.97. The van der Waals surface area contributed by atoms with E-state index in [1.807, 2.05) is 4.90 Å². The fourth-order valence-electron chi connectivity index (χ4n) is 3.43. The Morgan fingerprint density at radius 1 is 1.04 bits per heavy atom. The van der Waals surface area contributed by atoms with E-state index in [4.69, 9.17) is 5.11 Å². The molecule has 1 saturated heterocycles. The van der Waals surface area contributed by atoms with Crippen molar-refractivity contribution in [3.05, 3.63) is 65.5 Å². The summed E-state index contributed by atoms with van der Waals surface area (Å²) < 4.78 is 51.8. The molecule has 1 amide bonds. The van der Waals surface area contributed by atoms with Gasteiger partial charge in [0.25, 0.3) is 0 Å². The van der Waals surface area contributed by atoms with Crippen molar-refractivity contribution < 1.29 is 27.5 Å². The average molecular weight is 396 g/mol. The summed E-state index contributed by atoms with van der Waals surface area (Å²) in [6, 6.07) is 10.9. The van der Waals surface area contributed by atoms with E-state index < -0.39 is 17.8 Å². The van der Waals surface area contributed by atoms with Crippen LogP contribution in [0.1, 0.15) is 24.0 Å². The van der Waals surface area contributed by atoms with Crippen molar-refractivity contribution in [1.82, 2.24) is 4.90 Å². The smallest absolute Gasteiger partial charge is 0.416 e. The maximum Gasteiger partial charge on any atom is 0.416 e. The number of hydrogen-bond donors (Lipinski definition) is 1. The molecule has 3 rings (SSSR count). The predicted octanol–water partition coefficient (Wildman–Crippen LogP) is 4.99. The monoisotopic (exact) mass is 396 g/mol. The van der Waals surface area contributed by atoms with Gasteiger partial charge in [-0.25, -0.2) is 9.18 Å². The van der Waals surface area contributed by atoms with Crippen molar-refractivity contribution in [2.24, 2.45) is 0 Å². The van der Waals surface area contributed by atoms with Crippen molar-refractivity contribution in [2.75, 3.05) is 18.0 Å². The van der Waals surface area contributed by atoms with E-state index in [1.165, 1.54) is 29.2 Å². The molecule has 1 aliphatic heterocycles. The number of benzene rings is 2. The fourth-order valence-corrected chi connectivity index (χ4v) is 3.43. The standard InChI is InChI=1S/C20H20F4N2O2/c21-16-5-1-14(2-6-16)13-26(18-9-11-25(12-10-18)19(27)28)17-7-3-15(4-8-17)20(22,23)24/h1-8,18H,9-13H2,(H,27,28). The molecular weight excluding hydrogens is 376 g/mol. The number of rotatable bonds is 4. The van der Waals surface area contributed by atoms with Crippen LogP contribution in [0.4, 0.5) is 28.0 Å². The number of likely N-dealkylation sites (tertiary alicyclic amines) is 1. The van der Waals surface area contributed by atoms with Gasteiger partial charge >= 0.3 is 12.3 Å². The quantitative estimate of drug-likeness (QED) is 0.741. The first kappa shape index (κ1) is 20.0. The Balaban J connectivity index is 1.84. The summed E-state index contributed by atoms with van der Waals surface area (Å²) in [7, 11) is 0. The summed E-state index contributed by atoms with van der Waals surface area (Å²) in [5.41, 5.74) is 0.715. The van der Waals surface area contributed by atoms with E-state index in [-0.39, 0.29) is 11.9 Å². The lowest BCUT2D eigenvalue weighted by atomic mass is 10.0. The molecule has 1 aliphatic rings. The maximum absolute atomic E-state index is 13.2. The summed E-state index contributed by atoms with van der Waals surface area (Å²) >= 11 is 0. The average Bonchev–Trinajstić information content (AvgIpc) is 2.67. The van der Waals surface area contributed by atoms with Gasteiger partial charge in [0.15, 0.2) is 0 Å². The second kappa shape index (κ2) is 8.08. The zero-order valence-corrected chi connectivity index (χ0v) is 15.0. The molecule has 4 nitrogen and oxygen atoms in total. The summed E-state index contributed by atoms with van der Waals surface area (Å²) in [4.78, 5) is 14.4. The van der Waals surface area contributed by atoms with Crippen molar-refractivity contribution in [3.8, 4) is 0 Å². The highest BCUT2D eigenvalue weighted by Crippen LogP contribution is 2.32. The van der Waals surface area contributed by atoms with Gasteiger partial charge in [0.1, 0.15) is 5.82 Å². The Hall–Kier alpha value is -2.77. The van der Waals surface area contributed by atoms with E-state index in [0.29, 0.717) is 38.2 Å². The molecule has 2 aromatic rings. The molecule has 150 valence electrons. The number of hydrogen-bond acceptors (Lipinski definition) is 2. The van der Waals surface area contributed by atoms with Crippen LogP contribution in [-0.4, -0.2) is 35.2 Å². The second-order valence-electron chi connectivity index (χ2n) is 6.80. The zero-order chi connectivity index (χ0) is 20.3. The minimum atomic E-state index is -4.41. The van der Waals surface area contributed by atoms with Crippen molar-refractivity contribution in [1.29, 1.82) is 0 Å². The molecule has 1 heterocycles. The van der Waals surface area contributed by atoms with Gasteiger partial charge in [-0.2, -0.15) is 13.2 Å². The van der Waals surface area contributed by atoms with Gasteiger partial charge in [0.2, 0.25) is 0 Å². The van der Waals surface area contributed by atoms with Crippen LogP contribution in [0.25, 0.3) is 0 Å². The Morgan fingerprint density at radius 2 is 1.61 bits per heavy atom. The molecule has 0 aromatic heterocycles. The maximum atomic E-state index is 13.2. The SMILES string of the molecule is O=C(O)N1CCC(N(Cc2ccc(F)cc2)c2ccc(C(F)(F)F)cc2)CC1. The lowest BCUT2D eigenvalue weighted by Crippen LogP contribution is -2.46. The summed E-state index contributed by atoms with van der Waals surface area (Å²) in [5.74, 6) is -0.361. The van der Waals surface area contributed by atoms with Crippen molar-refractivity contribution in [3.63, 3.8) is 0 Å². The van der Waals surface area contributed by atoms with Crippen LogP contribution >= 0.6 is 0 Å². The largest absolute Gasteiger partial charge is 0.465 e. The molecule has 0 aliphatic carbocycles. The highest BCUT2D eigenvalue weighted by molar-refractivity contribution is 5.65. The van der Waals surface area contributed by atoms with E-state index in [1.54, 1.807) is 12.1 Å². The highest BCUT2D eigenvalue weighted by Gasteiger charge is 2.31. The molecule has 1 N–H and O–H groups in total. The summed E-state index contributed by atoms with van der Waals surface area (Å²) in [5, 5.41) is 9.12. The number of halogens is 4. The molecule has 0 unspecified atom stereocenters. The van der Waals surface area contributed by atoms with E-state index in [9.17, 15) is 22.4 Å². The third kappa shape index (κ3) is 4.74. The van der Waals surface area contributed by atoms with Crippen LogP contribution in [0, 0.1) is 5.82 Å². The first-order valence-corrected chi connectivity index (χ1v) is 8.90. The van der Waals surface area contributed by atoms with Crippen LogP contribution in [0.3, 0.4) is 0 Å². The molecule has 8 heteroatoms. The van der Waals surface area contributed by atoms with Crippen molar-refractivity contribution >= 4 is 11.8 Å². The van der Waals surface area contributed by atoms with Crippen LogP contribution in [0.15, 0.2) is 48.5 Å². The molecular formula is C20H20F4N2O2. The molecule has 2 aromatic carbocycles. The minimum absolute atomic E-state index is 0.0302. The van der Waals surface area contributed by atoms with Crippen LogP contribution in [-0.2, 0) is 12.7 Å². The van der Waals surface area contributed by atoms with Gasteiger partial charge < -0.3 is 14.9 Å². The number of alkyl halides is 3. The number of amides is 1. The normalized spacial score (nSPS) is 15.5. The predicted molar refractivity (Wildman–Crippen MR) is 96.6 cm³/mol. The Bertz CT molecular complexity index is 798. The van der Waals surface area contributed by atoms with Crippen LogP contribution < -0.4 is 4.90 Å². The Morgan fingerprint density at radius 3 is 2.11 bits per heavy atom. The van der Waals surface area contributed by atoms with Gasteiger partial charge in [0.05, 0.1) is 5.56 Å². The van der Waals surface area contributed by atoms with Crippen LogP contribution in [0.5, 0.6) is 0 Å².